The number of nitrogens with zero attached hydrogens (tertiary/aromatic N) is 1. The Hall–Kier alpha value is -2.41. The molecule has 2 amide bonds. The first-order chi connectivity index (χ1) is 13.0. The van der Waals surface area contributed by atoms with Gasteiger partial charge in [-0.15, -0.1) is 11.3 Å². The largest absolute Gasteiger partial charge is 0.480 e. The van der Waals surface area contributed by atoms with Gasteiger partial charge >= 0.3 is 5.97 Å². The smallest absolute Gasteiger partial charge is 0.326 e. The van der Waals surface area contributed by atoms with Crippen molar-refractivity contribution in [1.82, 2.24) is 10.2 Å². The number of nitrogens with one attached hydrogen (secondary N) is 1. The summed E-state index contributed by atoms with van der Waals surface area (Å²) in [7, 11) is 0. The van der Waals surface area contributed by atoms with Crippen molar-refractivity contribution in [3.05, 3.63) is 35.2 Å². The number of hydrogen-bond acceptors (Lipinski definition) is 4. The summed E-state index contributed by atoms with van der Waals surface area (Å²) in [5, 5.41) is 13.4. The Labute approximate surface area is 161 Å². The Balaban J connectivity index is 1.55. The third kappa shape index (κ3) is 3.43. The first-order valence-electron chi connectivity index (χ1n) is 9.39. The molecular weight excluding hydrogens is 364 g/mol. The average molecular weight is 386 g/mol. The van der Waals surface area contributed by atoms with Crippen LogP contribution >= 0.6 is 11.3 Å². The fourth-order valence-corrected chi connectivity index (χ4v) is 5.20. The number of carbonyl (C=O) groups excluding carboxylic acids is 2. The normalized spacial score (nSPS) is 25.7. The van der Waals surface area contributed by atoms with E-state index in [1.807, 2.05) is 30.3 Å². The lowest BCUT2D eigenvalue weighted by Crippen LogP contribution is -2.54. The minimum atomic E-state index is -0.957. The molecule has 6 nitrogen and oxygen atoms in total. The molecule has 0 aliphatic carbocycles. The summed E-state index contributed by atoms with van der Waals surface area (Å²) in [5.74, 6) is -1.47. The quantitative estimate of drug-likeness (QED) is 0.849. The number of carboxylic acids is 1. The van der Waals surface area contributed by atoms with Gasteiger partial charge in [0.05, 0.1) is 4.88 Å². The Morgan fingerprint density at radius 3 is 2.67 bits per heavy atom. The van der Waals surface area contributed by atoms with Crippen LogP contribution in [0.4, 0.5) is 0 Å². The maximum atomic E-state index is 13.1. The fourth-order valence-electron chi connectivity index (χ4n) is 4.23. The number of aliphatic carboxylic acids is 1. The van der Waals surface area contributed by atoms with Gasteiger partial charge in [0.25, 0.3) is 5.91 Å². The molecule has 4 rings (SSSR count). The van der Waals surface area contributed by atoms with Crippen molar-refractivity contribution in [2.75, 3.05) is 0 Å². The molecule has 27 heavy (non-hydrogen) atoms. The highest BCUT2D eigenvalue weighted by molar-refractivity contribution is 7.20. The Morgan fingerprint density at radius 2 is 1.89 bits per heavy atom. The molecule has 3 heterocycles. The summed E-state index contributed by atoms with van der Waals surface area (Å²) in [6.45, 7) is 0. The zero-order chi connectivity index (χ0) is 19.0. The lowest BCUT2D eigenvalue weighted by molar-refractivity contribution is -0.151. The number of thiophene rings is 1. The summed E-state index contributed by atoms with van der Waals surface area (Å²) in [6, 6.07) is 8.14. The van der Waals surface area contributed by atoms with Crippen LogP contribution in [0.15, 0.2) is 30.3 Å². The van der Waals surface area contributed by atoms with Gasteiger partial charge in [0.2, 0.25) is 5.91 Å². The number of benzene rings is 1. The number of fused-ring (bicyclic) bond motifs is 2. The standard InChI is InChI=1S/C20H22N2O4S/c23-18(17-11-12-5-1-4-8-16(12)27-17)21-14-7-3-2-6-13-9-10-15(20(25)26)22(13)19(14)24/h1,4-5,8,11,13-15H,2-3,6-7,9-10H2,(H,21,23)(H,25,26)/t13-,14-,15-/m0/s1. The van der Waals surface area contributed by atoms with E-state index in [1.165, 1.54) is 16.2 Å². The van der Waals surface area contributed by atoms with Gasteiger partial charge in [-0.3, -0.25) is 9.59 Å². The van der Waals surface area contributed by atoms with Crippen molar-refractivity contribution in [3.8, 4) is 0 Å². The second-order valence-corrected chi connectivity index (χ2v) is 8.37. The van der Waals surface area contributed by atoms with Crippen molar-refractivity contribution in [2.45, 2.75) is 56.7 Å². The van der Waals surface area contributed by atoms with Gasteiger partial charge < -0.3 is 15.3 Å². The molecule has 2 N–H and O–H groups in total. The molecule has 3 atom stereocenters. The van der Waals surface area contributed by atoms with E-state index >= 15 is 0 Å². The second-order valence-electron chi connectivity index (χ2n) is 7.29. The van der Waals surface area contributed by atoms with E-state index in [2.05, 4.69) is 5.32 Å². The molecule has 1 aromatic carbocycles. The van der Waals surface area contributed by atoms with Gasteiger partial charge in [-0.05, 0) is 43.2 Å². The molecule has 2 aromatic rings. The van der Waals surface area contributed by atoms with Crippen LogP contribution in [0, 0.1) is 0 Å². The molecule has 0 bridgehead atoms. The Morgan fingerprint density at radius 1 is 1.11 bits per heavy atom. The van der Waals surface area contributed by atoms with E-state index in [0.29, 0.717) is 17.7 Å². The van der Waals surface area contributed by atoms with E-state index in [1.54, 1.807) is 0 Å². The molecule has 142 valence electrons. The van der Waals surface area contributed by atoms with E-state index < -0.39 is 18.1 Å². The minimum Gasteiger partial charge on any atom is -0.480 e. The van der Waals surface area contributed by atoms with Gasteiger partial charge in [0.15, 0.2) is 0 Å². The van der Waals surface area contributed by atoms with Crippen LogP contribution in [0.1, 0.15) is 48.2 Å². The lowest BCUT2D eigenvalue weighted by Gasteiger charge is -2.34. The third-order valence-corrected chi connectivity index (χ3v) is 6.69. The number of carbonyl (C=O) groups is 3. The predicted octanol–water partition coefficient (Wildman–Crippen LogP) is 3.02. The van der Waals surface area contributed by atoms with Gasteiger partial charge in [-0.1, -0.05) is 31.0 Å². The zero-order valence-electron chi connectivity index (χ0n) is 14.9. The van der Waals surface area contributed by atoms with E-state index in [-0.39, 0.29) is 17.9 Å². The molecule has 1 aromatic heterocycles. The number of rotatable bonds is 3. The number of hydrogen-bond donors (Lipinski definition) is 2. The van der Waals surface area contributed by atoms with E-state index in [9.17, 15) is 19.5 Å². The maximum absolute atomic E-state index is 13.1. The molecule has 2 fully saturated rings. The number of carboxylic acid groups (broad SMARTS) is 1. The van der Waals surface area contributed by atoms with Crippen molar-refractivity contribution >= 4 is 39.2 Å². The third-order valence-electron chi connectivity index (χ3n) is 5.57. The molecule has 2 aliphatic rings. The summed E-state index contributed by atoms with van der Waals surface area (Å²) >= 11 is 1.40. The maximum Gasteiger partial charge on any atom is 0.326 e. The Kier molecular flexibility index (Phi) is 4.86. The van der Waals surface area contributed by atoms with Gasteiger partial charge in [0.1, 0.15) is 12.1 Å². The van der Waals surface area contributed by atoms with Gasteiger partial charge in [0, 0.05) is 10.7 Å². The molecule has 0 spiro atoms. The van der Waals surface area contributed by atoms with Crippen LogP contribution in [0.2, 0.25) is 0 Å². The predicted molar refractivity (Wildman–Crippen MR) is 103 cm³/mol. The van der Waals surface area contributed by atoms with Gasteiger partial charge in [-0.2, -0.15) is 0 Å². The molecule has 2 saturated heterocycles. The van der Waals surface area contributed by atoms with Crippen LogP contribution < -0.4 is 5.32 Å². The first kappa shape index (κ1) is 18.0. The summed E-state index contributed by atoms with van der Waals surface area (Å²) in [4.78, 5) is 39.5. The SMILES string of the molecule is O=C(N[C@H]1CCCC[C@H]2CC[C@@H](C(=O)O)N2C1=O)c1cc2ccccc2s1. The molecule has 0 unspecified atom stereocenters. The lowest BCUT2D eigenvalue weighted by atomic mass is 9.99. The van der Waals surface area contributed by atoms with E-state index in [0.717, 1.165) is 35.8 Å². The van der Waals surface area contributed by atoms with Crippen LogP contribution in [-0.4, -0.2) is 45.9 Å². The van der Waals surface area contributed by atoms with Gasteiger partial charge in [-0.25, -0.2) is 4.79 Å². The second kappa shape index (κ2) is 7.31. The van der Waals surface area contributed by atoms with Crippen LogP contribution in [-0.2, 0) is 9.59 Å². The van der Waals surface area contributed by atoms with Crippen molar-refractivity contribution in [1.29, 1.82) is 0 Å². The molecule has 2 aliphatic heterocycles. The Bertz CT molecular complexity index is 860. The fraction of sp³-hybridized carbons (Fsp3) is 0.450. The highest BCUT2D eigenvalue weighted by Crippen LogP contribution is 2.32. The minimum absolute atomic E-state index is 0.0253. The highest BCUT2D eigenvalue weighted by atomic mass is 32.1. The molecule has 0 saturated carbocycles. The van der Waals surface area contributed by atoms with Crippen LogP contribution in [0.5, 0.6) is 0 Å². The van der Waals surface area contributed by atoms with Crippen molar-refractivity contribution < 1.29 is 19.5 Å². The molecule has 7 heteroatoms. The van der Waals surface area contributed by atoms with Crippen LogP contribution in [0.25, 0.3) is 10.1 Å². The van der Waals surface area contributed by atoms with Crippen LogP contribution in [0.3, 0.4) is 0 Å². The summed E-state index contributed by atoms with van der Waals surface area (Å²) < 4.78 is 1.03. The first-order valence-corrected chi connectivity index (χ1v) is 10.2. The summed E-state index contributed by atoms with van der Waals surface area (Å²) in [6.07, 6.45) is 4.39. The summed E-state index contributed by atoms with van der Waals surface area (Å²) in [5.41, 5.74) is 0. The zero-order valence-corrected chi connectivity index (χ0v) is 15.7. The number of amides is 2. The van der Waals surface area contributed by atoms with Crippen molar-refractivity contribution in [2.24, 2.45) is 0 Å². The van der Waals surface area contributed by atoms with E-state index in [4.69, 9.17) is 0 Å². The monoisotopic (exact) mass is 386 g/mol. The molecule has 0 radical (unpaired) electrons. The highest BCUT2D eigenvalue weighted by Gasteiger charge is 2.43. The van der Waals surface area contributed by atoms with Crippen molar-refractivity contribution in [3.63, 3.8) is 0 Å². The average Bonchev–Trinajstić information content (AvgIpc) is 3.26. The topological polar surface area (TPSA) is 86.7 Å². The molecular formula is C20H22N2O4S.